The van der Waals surface area contributed by atoms with Gasteiger partial charge in [-0.1, -0.05) is 18.2 Å². The number of nitro groups is 1. The Kier molecular flexibility index (Phi) is 5.80. The number of amides is 1. The lowest BCUT2D eigenvalue weighted by Crippen LogP contribution is -2.27. The van der Waals surface area contributed by atoms with Crippen molar-refractivity contribution in [3.05, 3.63) is 69.5 Å². The Morgan fingerprint density at radius 2 is 2.04 bits per heavy atom. The molecule has 0 spiro atoms. The van der Waals surface area contributed by atoms with E-state index in [1.807, 2.05) is 0 Å². The topological polar surface area (TPSA) is 107 Å². The van der Waals surface area contributed by atoms with Crippen molar-refractivity contribution in [1.82, 2.24) is 5.32 Å². The molecule has 8 heteroatoms. The normalized spacial score (nSPS) is 10.4. The minimum atomic E-state index is -0.620. The zero-order valence-electron chi connectivity index (χ0n) is 12.7. The number of carbonyl (C=O) groups excluding carboxylic acids is 1. The van der Waals surface area contributed by atoms with Crippen molar-refractivity contribution in [3.63, 3.8) is 0 Å². The maximum atomic E-state index is 13.4. The molecule has 0 saturated heterocycles. The number of anilines is 1. The van der Waals surface area contributed by atoms with Crippen molar-refractivity contribution in [2.75, 3.05) is 18.9 Å². The van der Waals surface area contributed by atoms with E-state index < -0.39 is 10.8 Å². The zero-order valence-corrected chi connectivity index (χ0v) is 12.7. The largest absolute Gasteiger partial charge is 0.399 e. The quantitative estimate of drug-likeness (QED) is 0.350. The van der Waals surface area contributed by atoms with E-state index in [4.69, 9.17) is 10.5 Å². The smallest absolute Gasteiger partial charge is 0.272 e. The summed E-state index contributed by atoms with van der Waals surface area (Å²) >= 11 is 0. The van der Waals surface area contributed by atoms with Crippen LogP contribution in [0.2, 0.25) is 0 Å². The zero-order chi connectivity index (χ0) is 17.5. The van der Waals surface area contributed by atoms with Crippen LogP contribution in [0.5, 0.6) is 0 Å². The average molecular weight is 333 g/mol. The van der Waals surface area contributed by atoms with Crippen LogP contribution in [0.4, 0.5) is 15.8 Å². The summed E-state index contributed by atoms with van der Waals surface area (Å²) in [6, 6.07) is 9.91. The highest BCUT2D eigenvalue weighted by Gasteiger charge is 2.13. The van der Waals surface area contributed by atoms with E-state index in [2.05, 4.69) is 5.32 Å². The van der Waals surface area contributed by atoms with E-state index in [1.165, 1.54) is 18.2 Å². The minimum absolute atomic E-state index is 0.0896. The Morgan fingerprint density at radius 1 is 1.29 bits per heavy atom. The van der Waals surface area contributed by atoms with Crippen LogP contribution in [0.3, 0.4) is 0 Å². The molecular formula is C16H16FN3O4. The second-order valence-corrected chi connectivity index (χ2v) is 4.97. The Balaban J connectivity index is 1.81. The summed E-state index contributed by atoms with van der Waals surface area (Å²) in [5, 5.41) is 13.3. The van der Waals surface area contributed by atoms with E-state index in [1.54, 1.807) is 18.2 Å². The molecule has 0 heterocycles. The summed E-state index contributed by atoms with van der Waals surface area (Å²) < 4.78 is 18.7. The number of non-ortho nitro benzene ring substituents is 1. The van der Waals surface area contributed by atoms with E-state index in [0.29, 0.717) is 5.56 Å². The molecule has 0 saturated carbocycles. The number of carbonyl (C=O) groups is 1. The maximum absolute atomic E-state index is 13.4. The third kappa shape index (κ3) is 4.75. The first-order valence-corrected chi connectivity index (χ1v) is 7.11. The van der Waals surface area contributed by atoms with E-state index in [-0.39, 0.29) is 42.5 Å². The second-order valence-electron chi connectivity index (χ2n) is 4.97. The molecule has 2 aromatic rings. The maximum Gasteiger partial charge on any atom is 0.272 e. The highest BCUT2D eigenvalue weighted by atomic mass is 19.1. The van der Waals surface area contributed by atoms with Crippen LogP contribution in [0, 0.1) is 15.9 Å². The highest BCUT2D eigenvalue weighted by molar-refractivity contribution is 5.95. The first kappa shape index (κ1) is 17.4. The predicted molar refractivity (Wildman–Crippen MR) is 85.9 cm³/mol. The number of rotatable bonds is 7. The second kappa shape index (κ2) is 8.02. The van der Waals surface area contributed by atoms with E-state index >= 15 is 0 Å². The van der Waals surface area contributed by atoms with Crippen molar-refractivity contribution in [3.8, 4) is 0 Å². The molecular weight excluding hydrogens is 317 g/mol. The van der Waals surface area contributed by atoms with Gasteiger partial charge in [-0.2, -0.15) is 0 Å². The Labute approximate surface area is 137 Å². The van der Waals surface area contributed by atoms with E-state index in [9.17, 15) is 19.3 Å². The fourth-order valence-corrected chi connectivity index (χ4v) is 2.01. The summed E-state index contributed by atoms with van der Waals surface area (Å²) in [5.74, 6) is -0.853. The van der Waals surface area contributed by atoms with E-state index in [0.717, 1.165) is 6.07 Å². The minimum Gasteiger partial charge on any atom is -0.399 e. The van der Waals surface area contributed by atoms with Crippen molar-refractivity contribution >= 4 is 17.3 Å². The number of nitrogens with one attached hydrogen (secondary N) is 1. The fraction of sp³-hybridized carbons (Fsp3) is 0.188. The highest BCUT2D eigenvalue weighted by Crippen LogP contribution is 2.18. The first-order valence-electron chi connectivity index (χ1n) is 7.11. The fourth-order valence-electron chi connectivity index (χ4n) is 2.01. The standard InChI is InChI=1S/C16H16FN3O4/c17-15-4-2-1-3-11(15)10-24-6-5-19-16(21)12-7-13(18)9-14(8-12)20(22)23/h1-4,7-9H,5-6,10,18H2,(H,19,21). The molecule has 0 aliphatic heterocycles. The van der Waals surface area contributed by atoms with Crippen LogP contribution in [-0.2, 0) is 11.3 Å². The SMILES string of the molecule is Nc1cc(C(=O)NCCOCc2ccccc2F)cc([N+](=O)[O-])c1. The molecule has 126 valence electrons. The molecule has 7 nitrogen and oxygen atoms in total. The third-order valence-electron chi connectivity index (χ3n) is 3.16. The van der Waals surface area contributed by atoms with Crippen molar-refractivity contribution in [2.24, 2.45) is 0 Å². The Hall–Kier alpha value is -3.00. The van der Waals surface area contributed by atoms with Crippen molar-refractivity contribution in [1.29, 1.82) is 0 Å². The van der Waals surface area contributed by atoms with Gasteiger partial charge in [0, 0.05) is 35.5 Å². The van der Waals surface area contributed by atoms with Crippen molar-refractivity contribution < 1.29 is 18.8 Å². The van der Waals surface area contributed by atoms with Crippen LogP contribution in [0.15, 0.2) is 42.5 Å². The van der Waals surface area contributed by atoms with Crippen LogP contribution in [0.1, 0.15) is 15.9 Å². The molecule has 0 unspecified atom stereocenters. The van der Waals surface area contributed by atoms with Crippen LogP contribution in [0.25, 0.3) is 0 Å². The number of nitrogens with two attached hydrogens (primary N) is 1. The summed E-state index contributed by atoms with van der Waals surface area (Å²) in [6.45, 7) is 0.437. The number of nitro benzene ring substituents is 1. The van der Waals surface area contributed by atoms with Crippen LogP contribution in [-0.4, -0.2) is 24.0 Å². The monoisotopic (exact) mass is 333 g/mol. The molecule has 1 amide bonds. The lowest BCUT2D eigenvalue weighted by molar-refractivity contribution is -0.384. The lowest BCUT2D eigenvalue weighted by atomic mass is 10.1. The first-order chi connectivity index (χ1) is 11.5. The number of benzene rings is 2. The van der Waals surface area contributed by atoms with Gasteiger partial charge < -0.3 is 15.8 Å². The van der Waals surface area contributed by atoms with Crippen LogP contribution >= 0.6 is 0 Å². The summed E-state index contributed by atoms with van der Waals surface area (Å²) in [6.07, 6.45) is 0. The average Bonchev–Trinajstić information content (AvgIpc) is 2.55. The van der Waals surface area contributed by atoms with Gasteiger partial charge in [0.25, 0.3) is 11.6 Å². The molecule has 0 fully saturated rings. The van der Waals surface area contributed by atoms with Crippen molar-refractivity contribution in [2.45, 2.75) is 6.61 Å². The van der Waals surface area contributed by atoms with Gasteiger partial charge in [0.2, 0.25) is 0 Å². The molecule has 3 N–H and O–H groups in total. The number of halogens is 1. The molecule has 24 heavy (non-hydrogen) atoms. The number of hydrogen-bond acceptors (Lipinski definition) is 5. The van der Waals surface area contributed by atoms with Gasteiger partial charge in [-0.15, -0.1) is 0 Å². The molecule has 0 radical (unpaired) electrons. The number of hydrogen-bond donors (Lipinski definition) is 2. The molecule has 0 atom stereocenters. The molecule has 0 aliphatic carbocycles. The summed E-state index contributed by atoms with van der Waals surface area (Å²) in [7, 11) is 0. The summed E-state index contributed by atoms with van der Waals surface area (Å²) in [5.41, 5.74) is 5.94. The van der Waals surface area contributed by atoms with Crippen LogP contribution < -0.4 is 11.1 Å². The van der Waals surface area contributed by atoms with Gasteiger partial charge >= 0.3 is 0 Å². The van der Waals surface area contributed by atoms with Gasteiger partial charge in [0.15, 0.2) is 0 Å². The molecule has 0 aliphatic rings. The summed E-state index contributed by atoms with van der Waals surface area (Å²) in [4.78, 5) is 22.1. The molecule has 0 aromatic heterocycles. The van der Waals surface area contributed by atoms with Gasteiger partial charge in [-0.25, -0.2) is 4.39 Å². The van der Waals surface area contributed by atoms with Gasteiger partial charge in [0.1, 0.15) is 5.82 Å². The Bertz CT molecular complexity index is 752. The molecule has 2 rings (SSSR count). The number of ether oxygens (including phenoxy) is 1. The van der Waals surface area contributed by atoms with Gasteiger partial charge in [0.05, 0.1) is 18.1 Å². The van der Waals surface area contributed by atoms with Gasteiger partial charge in [-0.05, 0) is 12.1 Å². The predicted octanol–water partition coefficient (Wildman–Crippen LogP) is 2.26. The number of nitrogens with zero attached hydrogens (tertiary/aromatic N) is 1. The third-order valence-corrected chi connectivity index (χ3v) is 3.16. The number of nitrogen functional groups attached to an aromatic ring is 1. The molecule has 2 aromatic carbocycles. The Morgan fingerprint density at radius 3 is 2.75 bits per heavy atom. The lowest BCUT2D eigenvalue weighted by Gasteiger charge is -2.08. The molecule has 0 bridgehead atoms. The van der Waals surface area contributed by atoms with Gasteiger partial charge in [-0.3, -0.25) is 14.9 Å².